The molecule has 194 valence electrons. The largest absolute Gasteiger partial charge is 0.422 e. The van der Waals surface area contributed by atoms with E-state index in [0.717, 1.165) is 30.5 Å². The standard InChI is InChI=1S/C32H18Br2N2O4/c33-23-3-5-25-21(17-23)1-7-27(39-31(37)19-9-13-35-14-10-19)29(25)30-26-6-4-24(34)18-22(26)2-8-28(30)40-32(38)20-11-15-36-16-12-20/h1-18H. The number of nitrogens with zero attached hydrogens (tertiary/aromatic N) is 2. The Labute approximate surface area is 245 Å². The lowest BCUT2D eigenvalue weighted by atomic mass is 9.92. The van der Waals surface area contributed by atoms with Crippen LogP contribution in [0.15, 0.2) is 119 Å². The number of aromatic nitrogens is 2. The minimum atomic E-state index is -0.529. The molecule has 0 radical (unpaired) electrons. The molecule has 0 aliphatic heterocycles. The van der Waals surface area contributed by atoms with Gasteiger partial charge < -0.3 is 9.47 Å². The molecule has 6 aromatic rings. The lowest BCUT2D eigenvalue weighted by Crippen LogP contribution is -2.11. The number of halogens is 2. The van der Waals surface area contributed by atoms with Crippen LogP contribution in [0.25, 0.3) is 32.7 Å². The number of esters is 2. The number of rotatable bonds is 5. The van der Waals surface area contributed by atoms with Gasteiger partial charge in [-0.2, -0.15) is 0 Å². The van der Waals surface area contributed by atoms with Crippen molar-refractivity contribution >= 4 is 65.3 Å². The Morgan fingerprint density at radius 2 is 0.925 bits per heavy atom. The fourth-order valence-corrected chi connectivity index (χ4v) is 5.30. The molecular formula is C32H18Br2N2O4. The monoisotopic (exact) mass is 652 g/mol. The molecule has 0 N–H and O–H groups in total. The van der Waals surface area contributed by atoms with Crippen LogP contribution in [0.2, 0.25) is 0 Å². The van der Waals surface area contributed by atoms with Crippen molar-refractivity contribution in [3.63, 3.8) is 0 Å². The quantitative estimate of drug-likeness (QED) is 0.137. The predicted octanol–water partition coefficient (Wildman–Crippen LogP) is 8.41. The minimum Gasteiger partial charge on any atom is -0.422 e. The molecule has 0 fully saturated rings. The summed E-state index contributed by atoms with van der Waals surface area (Å²) in [5, 5.41) is 3.46. The van der Waals surface area contributed by atoms with Gasteiger partial charge in [0, 0.05) is 44.9 Å². The molecule has 0 unspecified atom stereocenters. The van der Waals surface area contributed by atoms with Crippen molar-refractivity contribution in [2.45, 2.75) is 0 Å². The molecule has 6 nitrogen and oxygen atoms in total. The van der Waals surface area contributed by atoms with Crippen LogP contribution in [0.3, 0.4) is 0 Å². The molecular weight excluding hydrogens is 636 g/mol. The van der Waals surface area contributed by atoms with Crippen LogP contribution in [0.1, 0.15) is 20.7 Å². The molecule has 2 aromatic heterocycles. The van der Waals surface area contributed by atoms with E-state index in [0.29, 0.717) is 33.8 Å². The molecule has 0 spiro atoms. The van der Waals surface area contributed by atoms with E-state index in [-0.39, 0.29) is 0 Å². The summed E-state index contributed by atoms with van der Waals surface area (Å²) in [6, 6.07) is 25.4. The maximum Gasteiger partial charge on any atom is 0.343 e. The molecule has 0 aliphatic carbocycles. The van der Waals surface area contributed by atoms with Crippen LogP contribution >= 0.6 is 31.9 Å². The van der Waals surface area contributed by atoms with Crippen molar-refractivity contribution < 1.29 is 19.1 Å². The van der Waals surface area contributed by atoms with Gasteiger partial charge in [-0.3, -0.25) is 9.97 Å². The highest BCUT2D eigenvalue weighted by Crippen LogP contribution is 2.46. The molecule has 40 heavy (non-hydrogen) atoms. The minimum absolute atomic E-state index is 0.327. The summed E-state index contributed by atoms with van der Waals surface area (Å²) in [4.78, 5) is 34.3. The van der Waals surface area contributed by atoms with Crippen molar-refractivity contribution in [2.75, 3.05) is 0 Å². The third-order valence-electron chi connectivity index (χ3n) is 6.37. The Kier molecular flexibility index (Phi) is 7.11. The summed E-state index contributed by atoms with van der Waals surface area (Å²) in [5.41, 5.74) is 1.97. The third-order valence-corrected chi connectivity index (χ3v) is 7.36. The zero-order valence-corrected chi connectivity index (χ0v) is 23.8. The Morgan fingerprint density at radius 3 is 1.32 bits per heavy atom. The van der Waals surface area contributed by atoms with Crippen molar-refractivity contribution in [3.05, 3.63) is 130 Å². The number of carbonyl (C=O) groups is 2. The summed E-state index contributed by atoms with van der Waals surface area (Å²) in [7, 11) is 0. The Balaban J connectivity index is 1.61. The zero-order chi connectivity index (χ0) is 27.6. The number of fused-ring (bicyclic) bond motifs is 2. The average Bonchev–Trinajstić information content (AvgIpc) is 2.98. The molecule has 0 bridgehead atoms. The highest BCUT2D eigenvalue weighted by atomic mass is 79.9. The van der Waals surface area contributed by atoms with E-state index in [2.05, 4.69) is 41.8 Å². The van der Waals surface area contributed by atoms with E-state index in [1.54, 1.807) is 36.4 Å². The van der Waals surface area contributed by atoms with Crippen LogP contribution in [0.4, 0.5) is 0 Å². The van der Waals surface area contributed by atoms with Crippen LogP contribution in [-0.2, 0) is 0 Å². The van der Waals surface area contributed by atoms with Gasteiger partial charge in [-0.15, -0.1) is 0 Å². The predicted molar refractivity (Wildman–Crippen MR) is 161 cm³/mol. The SMILES string of the molecule is O=C(Oc1ccc2cc(Br)ccc2c1-c1c(OC(=O)c2ccncc2)ccc2cc(Br)ccc12)c1ccncc1. The Morgan fingerprint density at radius 1 is 0.525 bits per heavy atom. The van der Waals surface area contributed by atoms with Gasteiger partial charge in [-0.05, 0) is 82.2 Å². The Hall–Kier alpha value is -4.40. The van der Waals surface area contributed by atoms with Gasteiger partial charge in [-0.25, -0.2) is 9.59 Å². The second-order valence-electron chi connectivity index (χ2n) is 8.86. The highest BCUT2D eigenvalue weighted by Gasteiger charge is 2.23. The van der Waals surface area contributed by atoms with Crippen LogP contribution in [0, 0.1) is 0 Å². The summed E-state index contributed by atoms with van der Waals surface area (Å²) >= 11 is 7.11. The normalized spacial score (nSPS) is 10.9. The van der Waals surface area contributed by atoms with Crippen LogP contribution in [-0.4, -0.2) is 21.9 Å². The highest BCUT2D eigenvalue weighted by molar-refractivity contribution is 9.10. The maximum atomic E-state index is 13.2. The zero-order valence-electron chi connectivity index (χ0n) is 20.7. The number of benzene rings is 4. The molecule has 0 saturated heterocycles. The molecule has 4 aromatic carbocycles. The van der Waals surface area contributed by atoms with Gasteiger partial charge in [0.2, 0.25) is 0 Å². The fourth-order valence-electron chi connectivity index (χ4n) is 4.54. The van der Waals surface area contributed by atoms with E-state index >= 15 is 0 Å². The van der Waals surface area contributed by atoms with Crippen molar-refractivity contribution in [1.29, 1.82) is 0 Å². The molecule has 8 heteroatoms. The summed E-state index contributed by atoms with van der Waals surface area (Å²) in [6.45, 7) is 0. The first-order chi connectivity index (χ1) is 19.5. The van der Waals surface area contributed by atoms with Crippen molar-refractivity contribution in [2.24, 2.45) is 0 Å². The van der Waals surface area contributed by atoms with E-state index in [1.165, 1.54) is 24.8 Å². The molecule has 0 atom stereocenters. The molecule has 0 saturated carbocycles. The average molecular weight is 654 g/mol. The number of carbonyl (C=O) groups excluding carboxylic acids is 2. The third kappa shape index (κ3) is 5.11. The van der Waals surface area contributed by atoms with E-state index < -0.39 is 11.9 Å². The van der Waals surface area contributed by atoms with Crippen LogP contribution in [0.5, 0.6) is 11.5 Å². The van der Waals surface area contributed by atoms with Gasteiger partial charge in [0.15, 0.2) is 0 Å². The van der Waals surface area contributed by atoms with Crippen LogP contribution < -0.4 is 9.47 Å². The number of hydrogen-bond donors (Lipinski definition) is 0. The fraction of sp³-hybridized carbons (Fsp3) is 0. The molecule has 2 heterocycles. The van der Waals surface area contributed by atoms with Gasteiger partial charge in [0.1, 0.15) is 11.5 Å². The van der Waals surface area contributed by atoms with Crippen molar-refractivity contribution in [1.82, 2.24) is 9.97 Å². The maximum absolute atomic E-state index is 13.2. The van der Waals surface area contributed by atoms with Gasteiger partial charge in [0.25, 0.3) is 0 Å². The summed E-state index contributed by atoms with van der Waals surface area (Å²) in [6.07, 6.45) is 6.15. The number of hydrogen-bond acceptors (Lipinski definition) is 6. The molecule has 0 amide bonds. The number of pyridine rings is 2. The lowest BCUT2D eigenvalue weighted by Gasteiger charge is -2.19. The van der Waals surface area contributed by atoms with Crippen molar-refractivity contribution in [3.8, 4) is 22.6 Å². The first-order valence-electron chi connectivity index (χ1n) is 12.2. The van der Waals surface area contributed by atoms with E-state index in [4.69, 9.17) is 9.47 Å². The van der Waals surface area contributed by atoms with Gasteiger partial charge >= 0.3 is 11.9 Å². The summed E-state index contributed by atoms with van der Waals surface area (Å²) < 4.78 is 13.8. The van der Waals surface area contributed by atoms with E-state index in [1.807, 2.05) is 48.5 Å². The van der Waals surface area contributed by atoms with Gasteiger partial charge in [0.05, 0.1) is 11.1 Å². The number of ether oxygens (including phenoxy) is 2. The van der Waals surface area contributed by atoms with E-state index in [9.17, 15) is 9.59 Å². The summed E-state index contributed by atoms with van der Waals surface area (Å²) in [5.74, 6) is -0.404. The topological polar surface area (TPSA) is 78.4 Å². The lowest BCUT2D eigenvalue weighted by molar-refractivity contribution is 0.0723. The Bertz CT molecular complexity index is 1770. The smallest absolute Gasteiger partial charge is 0.343 e. The first-order valence-corrected chi connectivity index (χ1v) is 13.8. The first kappa shape index (κ1) is 25.9. The molecule has 6 rings (SSSR count). The van der Waals surface area contributed by atoms with Gasteiger partial charge in [-0.1, -0.05) is 56.1 Å². The second-order valence-corrected chi connectivity index (χ2v) is 10.7. The second kappa shape index (κ2) is 11.0. The molecule has 0 aliphatic rings.